The number of benzene rings is 4. The topological polar surface area (TPSA) is 29.1 Å². The van der Waals surface area contributed by atoms with Crippen LogP contribution >= 0.6 is 17.2 Å². The third-order valence-electron chi connectivity index (χ3n) is 6.96. The summed E-state index contributed by atoms with van der Waals surface area (Å²) in [5, 5.41) is 2.31. The summed E-state index contributed by atoms with van der Waals surface area (Å²) in [5.74, 6) is -2.37. The molecule has 35 heavy (non-hydrogen) atoms. The SMILES string of the molecule is CCCC(=O)[NH][Hf]([Cl])([Cl])([c]1cccc2c1Cc1ccccc1-2)[SiH](c1ccccc1)c1ccccc1. The molecule has 0 spiro atoms. The third-order valence-corrected chi connectivity index (χ3v) is 55.4. The average Bonchev–Trinajstić information content (AvgIpc) is 3.24. The molecule has 0 unspecified atom stereocenters. The van der Waals surface area contributed by atoms with E-state index in [-0.39, 0.29) is 5.91 Å². The number of carbonyl (C=O) groups is 1. The zero-order valence-electron chi connectivity index (χ0n) is 19.7. The molecule has 0 aromatic heterocycles. The number of hydrogen-bond acceptors (Lipinski definition) is 1. The van der Waals surface area contributed by atoms with Crippen molar-refractivity contribution in [1.82, 2.24) is 3.30 Å². The van der Waals surface area contributed by atoms with Crippen LogP contribution in [0.2, 0.25) is 0 Å². The van der Waals surface area contributed by atoms with Crippen molar-refractivity contribution in [2.24, 2.45) is 0 Å². The van der Waals surface area contributed by atoms with Crippen LogP contribution in [0.4, 0.5) is 0 Å². The van der Waals surface area contributed by atoms with Crippen LogP contribution in [0.25, 0.3) is 11.1 Å². The van der Waals surface area contributed by atoms with Gasteiger partial charge in [0.1, 0.15) is 0 Å². The van der Waals surface area contributed by atoms with Crippen molar-refractivity contribution in [1.29, 1.82) is 0 Å². The molecule has 1 aliphatic carbocycles. The second-order valence-electron chi connectivity index (χ2n) is 9.30. The van der Waals surface area contributed by atoms with Crippen molar-refractivity contribution in [2.75, 3.05) is 0 Å². The Kier molecular flexibility index (Phi) is 6.93. The molecule has 2 nitrogen and oxygen atoms in total. The summed E-state index contributed by atoms with van der Waals surface area (Å²) in [4.78, 5) is 13.3. The second kappa shape index (κ2) is 9.82. The van der Waals surface area contributed by atoms with E-state index in [0.29, 0.717) is 6.42 Å². The van der Waals surface area contributed by atoms with Crippen LogP contribution in [0.5, 0.6) is 0 Å². The van der Waals surface area contributed by atoms with E-state index in [9.17, 15) is 4.79 Å². The normalized spacial score (nSPS) is 13.5. The van der Waals surface area contributed by atoms with E-state index in [1.165, 1.54) is 22.3 Å². The van der Waals surface area contributed by atoms with Crippen molar-refractivity contribution in [3.05, 3.63) is 114 Å². The van der Waals surface area contributed by atoms with Crippen molar-refractivity contribution in [3.8, 4) is 11.1 Å². The molecule has 0 atom stereocenters. The van der Waals surface area contributed by atoms with E-state index in [4.69, 9.17) is 17.2 Å². The zero-order valence-corrected chi connectivity index (χ0v) is 25.9. The molecule has 6 heteroatoms. The fourth-order valence-electron chi connectivity index (χ4n) is 5.50. The number of carbonyl (C=O) groups excluding carboxylic acids is 1. The Morgan fingerprint density at radius 2 is 1.37 bits per heavy atom. The molecule has 1 N–H and O–H groups in total. The fourth-order valence-corrected chi connectivity index (χ4v) is 57.9. The van der Waals surface area contributed by atoms with E-state index in [1.54, 1.807) is 0 Å². The first-order chi connectivity index (χ1) is 16.9. The molecular formula is C29H28Cl2HfNOSi. The van der Waals surface area contributed by atoms with Crippen LogP contribution in [-0.4, -0.2) is 11.9 Å². The van der Waals surface area contributed by atoms with E-state index in [1.807, 2.05) is 43.3 Å². The first kappa shape index (κ1) is 24.7. The Bertz CT molecular complexity index is 1340. The van der Waals surface area contributed by atoms with Crippen molar-refractivity contribution in [2.45, 2.75) is 26.2 Å². The molecule has 4 aromatic carbocycles. The fraction of sp³-hybridized carbons (Fsp3) is 0.138. The molecule has 5 rings (SSSR count). The molecular weight excluding hydrogens is 656 g/mol. The Morgan fingerprint density at radius 1 is 0.800 bits per heavy atom. The predicted molar refractivity (Wildman–Crippen MR) is 148 cm³/mol. The van der Waals surface area contributed by atoms with Crippen LogP contribution in [-0.2, 0) is 26.8 Å². The molecule has 0 fully saturated rings. The van der Waals surface area contributed by atoms with E-state index < -0.39 is 21.6 Å². The van der Waals surface area contributed by atoms with E-state index >= 15 is 0 Å². The Balaban J connectivity index is 1.80. The van der Waals surface area contributed by atoms with Gasteiger partial charge in [-0.05, 0) is 0 Å². The summed E-state index contributed by atoms with van der Waals surface area (Å²) in [5.41, 5.74) is 4.87. The quantitative estimate of drug-likeness (QED) is 0.234. The minimum absolute atomic E-state index is 0.0506. The van der Waals surface area contributed by atoms with Gasteiger partial charge in [-0.15, -0.1) is 0 Å². The van der Waals surface area contributed by atoms with Crippen molar-refractivity contribution in [3.63, 3.8) is 0 Å². The third kappa shape index (κ3) is 4.51. The minimum atomic E-state index is -5.44. The van der Waals surface area contributed by atoms with Gasteiger partial charge in [0.25, 0.3) is 0 Å². The molecule has 0 aliphatic heterocycles. The molecule has 4 aromatic rings. The summed E-state index contributed by atoms with van der Waals surface area (Å²) in [6.45, 7) is 2.01. The number of amides is 1. The maximum absolute atomic E-state index is 13.3. The molecule has 0 radical (unpaired) electrons. The Hall–Kier alpha value is -1.98. The van der Waals surface area contributed by atoms with Crippen LogP contribution in [0, 0.1) is 0 Å². The Morgan fingerprint density at radius 3 is 2.00 bits per heavy atom. The summed E-state index contributed by atoms with van der Waals surface area (Å²) < 4.78 is 4.41. The van der Waals surface area contributed by atoms with E-state index in [0.717, 1.165) is 26.5 Å². The number of nitrogens with one attached hydrogen (secondary N) is 1. The first-order valence-electron chi connectivity index (χ1n) is 12.1. The molecule has 0 saturated carbocycles. The van der Waals surface area contributed by atoms with Gasteiger partial charge in [0, 0.05) is 0 Å². The number of hydrogen-bond donors (Lipinski definition) is 1. The van der Waals surface area contributed by atoms with Gasteiger partial charge >= 0.3 is 218 Å². The molecule has 1 amide bonds. The van der Waals surface area contributed by atoms with Gasteiger partial charge in [-0.1, -0.05) is 0 Å². The molecule has 1 aliphatic rings. The van der Waals surface area contributed by atoms with E-state index in [2.05, 4.69) is 70.0 Å². The van der Waals surface area contributed by atoms with Crippen LogP contribution in [0.3, 0.4) is 0 Å². The van der Waals surface area contributed by atoms with Gasteiger partial charge in [-0.3, -0.25) is 0 Å². The van der Waals surface area contributed by atoms with Gasteiger partial charge in [-0.25, -0.2) is 0 Å². The molecule has 0 bridgehead atoms. The zero-order chi connectivity index (χ0) is 24.5. The molecule has 0 saturated heterocycles. The molecule has 0 heterocycles. The van der Waals surface area contributed by atoms with Gasteiger partial charge in [0.15, 0.2) is 0 Å². The summed E-state index contributed by atoms with van der Waals surface area (Å²) in [6.07, 6.45) is 1.93. The van der Waals surface area contributed by atoms with Crippen LogP contribution < -0.4 is 17.0 Å². The summed E-state index contributed by atoms with van der Waals surface area (Å²) in [6, 6.07) is 35.5. The second-order valence-corrected chi connectivity index (χ2v) is 58.2. The van der Waals surface area contributed by atoms with Crippen molar-refractivity contribution >= 4 is 42.7 Å². The number of halogens is 2. The average molecular weight is 684 g/mol. The van der Waals surface area contributed by atoms with Gasteiger partial charge in [0.2, 0.25) is 0 Å². The predicted octanol–water partition coefficient (Wildman–Crippen LogP) is 5.25. The van der Waals surface area contributed by atoms with Gasteiger partial charge < -0.3 is 0 Å². The van der Waals surface area contributed by atoms with Crippen molar-refractivity contribution < 1.29 is 20.4 Å². The van der Waals surface area contributed by atoms with Crippen LogP contribution in [0.1, 0.15) is 30.9 Å². The van der Waals surface area contributed by atoms with Gasteiger partial charge in [0.05, 0.1) is 0 Å². The first-order valence-corrected chi connectivity index (χ1v) is 32.6. The number of fused-ring (bicyclic) bond motifs is 3. The molecule has 177 valence electrons. The monoisotopic (exact) mass is 684 g/mol. The summed E-state index contributed by atoms with van der Waals surface area (Å²) in [7, 11) is 16.1. The van der Waals surface area contributed by atoms with Gasteiger partial charge in [-0.2, -0.15) is 0 Å². The van der Waals surface area contributed by atoms with Crippen LogP contribution in [0.15, 0.2) is 103 Å². The number of rotatable bonds is 7. The summed E-state index contributed by atoms with van der Waals surface area (Å²) >= 11 is -5.44. The standard InChI is InChI=1S/C13H9.C12H11Si.C4H9NO.2ClH.Hf/c1-3-7-12-10(5-1)9-11-6-2-4-8-13(11)12;1-3-7-11(8-4-1)13-12-9-5-2-6-10-12;1-2-3-4(5)6;;;/h1-5,7-8H,9H2;1-10,13H;2-3H2,1H3,(H2,5,6);2*1H;/q;;;;;+3/p-3. The Labute approximate surface area is 216 Å². The maximum atomic E-state index is 13.3.